The number of methoxy groups -OCH3 is 1. The normalized spacial score (nSPS) is 10.5. The van der Waals surface area contributed by atoms with Gasteiger partial charge in [0.15, 0.2) is 0 Å². The Morgan fingerprint density at radius 2 is 2.23 bits per heavy atom. The molecule has 6 nitrogen and oxygen atoms in total. The van der Waals surface area contributed by atoms with Gasteiger partial charge in [0, 0.05) is 30.7 Å². The van der Waals surface area contributed by atoms with Gasteiger partial charge in [0.25, 0.3) is 0 Å². The number of carbonyl (C=O) groups excluding carboxylic acids is 1. The molecule has 0 saturated carbocycles. The summed E-state index contributed by atoms with van der Waals surface area (Å²) in [6.07, 6.45) is 3.68. The Bertz CT molecular complexity index is 622. The summed E-state index contributed by atoms with van der Waals surface area (Å²) in [5.41, 5.74) is 0.683. The first-order valence-corrected chi connectivity index (χ1v) is 7.27. The highest BCUT2D eigenvalue weighted by molar-refractivity contribution is 5.89. The number of rotatable bonds is 6. The topological polar surface area (TPSA) is 68.2 Å². The molecule has 22 heavy (non-hydrogen) atoms. The molecule has 1 aromatic heterocycles. The standard InChI is InChI=1S/C16H22N4O2/c1-12(2)11-20-8-7-17-15(20)10-18-16(21)19-13-5-4-6-14(9-13)22-3/h4-9,12H,10-11H2,1-3H3,(H2,18,19,21). The second kappa shape index (κ2) is 7.49. The molecular formula is C16H22N4O2. The maximum atomic E-state index is 11.9. The molecule has 0 saturated heterocycles. The lowest BCUT2D eigenvalue weighted by atomic mass is 10.2. The van der Waals surface area contributed by atoms with Gasteiger partial charge in [-0.2, -0.15) is 0 Å². The molecule has 0 atom stereocenters. The average Bonchev–Trinajstić information content (AvgIpc) is 2.91. The lowest BCUT2D eigenvalue weighted by molar-refractivity contribution is 0.251. The van der Waals surface area contributed by atoms with Crippen molar-refractivity contribution in [3.8, 4) is 5.75 Å². The van der Waals surface area contributed by atoms with Crippen LogP contribution in [0.3, 0.4) is 0 Å². The Kier molecular flexibility index (Phi) is 5.41. The Balaban J connectivity index is 1.89. The van der Waals surface area contributed by atoms with Crippen LogP contribution in [0.4, 0.5) is 10.5 Å². The van der Waals surface area contributed by atoms with E-state index in [4.69, 9.17) is 4.74 Å². The molecule has 0 radical (unpaired) electrons. The van der Waals surface area contributed by atoms with E-state index in [1.165, 1.54) is 0 Å². The minimum atomic E-state index is -0.271. The highest BCUT2D eigenvalue weighted by Crippen LogP contribution is 2.16. The Hall–Kier alpha value is -2.50. The lowest BCUT2D eigenvalue weighted by Crippen LogP contribution is -2.29. The Morgan fingerprint density at radius 1 is 1.41 bits per heavy atom. The number of hydrogen-bond donors (Lipinski definition) is 2. The van der Waals surface area contributed by atoms with Gasteiger partial charge in [-0.15, -0.1) is 0 Å². The van der Waals surface area contributed by atoms with Crippen LogP contribution in [0, 0.1) is 5.92 Å². The number of anilines is 1. The third-order valence-corrected chi connectivity index (χ3v) is 3.10. The summed E-state index contributed by atoms with van der Waals surface area (Å²) in [5, 5.41) is 5.58. The molecule has 0 bridgehead atoms. The number of imidazole rings is 1. The van der Waals surface area contributed by atoms with Gasteiger partial charge in [-0.3, -0.25) is 0 Å². The van der Waals surface area contributed by atoms with Gasteiger partial charge < -0.3 is 19.9 Å². The van der Waals surface area contributed by atoms with Crippen molar-refractivity contribution < 1.29 is 9.53 Å². The molecule has 2 rings (SSSR count). The van der Waals surface area contributed by atoms with E-state index in [1.807, 2.05) is 24.4 Å². The largest absolute Gasteiger partial charge is 0.497 e. The van der Waals surface area contributed by atoms with Crippen LogP contribution in [-0.2, 0) is 13.1 Å². The van der Waals surface area contributed by atoms with Gasteiger partial charge >= 0.3 is 6.03 Å². The summed E-state index contributed by atoms with van der Waals surface area (Å²) in [4.78, 5) is 16.2. The van der Waals surface area contributed by atoms with Gasteiger partial charge in [0.05, 0.1) is 13.7 Å². The second-order valence-electron chi connectivity index (χ2n) is 5.43. The first kappa shape index (κ1) is 15.9. The Labute approximate surface area is 130 Å². The van der Waals surface area contributed by atoms with Crippen LogP contribution in [-0.4, -0.2) is 22.7 Å². The van der Waals surface area contributed by atoms with Gasteiger partial charge in [-0.1, -0.05) is 19.9 Å². The number of benzene rings is 1. The summed E-state index contributed by atoms with van der Waals surface area (Å²) in [7, 11) is 1.59. The van der Waals surface area contributed by atoms with Crippen LogP contribution in [0.1, 0.15) is 19.7 Å². The molecule has 0 fully saturated rings. The molecule has 0 aliphatic heterocycles. The van der Waals surface area contributed by atoms with Crippen molar-refractivity contribution in [3.05, 3.63) is 42.5 Å². The zero-order chi connectivity index (χ0) is 15.9. The van der Waals surface area contributed by atoms with Gasteiger partial charge in [0.2, 0.25) is 0 Å². The second-order valence-corrected chi connectivity index (χ2v) is 5.43. The van der Waals surface area contributed by atoms with Crippen molar-refractivity contribution in [1.82, 2.24) is 14.9 Å². The number of ether oxygens (including phenoxy) is 1. The summed E-state index contributed by atoms with van der Waals surface area (Å²) in [6, 6.07) is 6.95. The minimum Gasteiger partial charge on any atom is -0.497 e. The van der Waals surface area contributed by atoms with E-state index in [9.17, 15) is 4.79 Å². The van der Waals surface area contributed by atoms with E-state index in [1.54, 1.807) is 19.4 Å². The molecule has 0 spiro atoms. The van der Waals surface area contributed by atoms with Crippen molar-refractivity contribution in [2.24, 2.45) is 5.92 Å². The molecule has 1 heterocycles. The van der Waals surface area contributed by atoms with Crippen LogP contribution in [0.5, 0.6) is 5.75 Å². The van der Waals surface area contributed by atoms with Crippen molar-refractivity contribution in [1.29, 1.82) is 0 Å². The molecule has 0 unspecified atom stereocenters. The molecule has 2 aromatic rings. The summed E-state index contributed by atoms with van der Waals surface area (Å²) >= 11 is 0. The number of aromatic nitrogens is 2. The maximum Gasteiger partial charge on any atom is 0.319 e. The molecule has 1 aromatic carbocycles. The number of carbonyl (C=O) groups is 1. The molecule has 0 aliphatic rings. The number of hydrogen-bond acceptors (Lipinski definition) is 3. The molecular weight excluding hydrogens is 280 g/mol. The van der Waals surface area contributed by atoms with Crippen LogP contribution in [0.25, 0.3) is 0 Å². The first-order chi connectivity index (χ1) is 10.6. The predicted molar refractivity (Wildman–Crippen MR) is 85.9 cm³/mol. The molecule has 2 N–H and O–H groups in total. The minimum absolute atomic E-state index is 0.271. The van der Waals surface area contributed by atoms with Crippen molar-refractivity contribution in [2.75, 3.05) is 12.4 Å². The van der Waals surface area contributed by atoms with Crippen LogP contribution in [0.2, 0.25) is 0 Å². The molecule has 0 aliphatic carbocycles. The monoisotopic (exact) mass is 302 g/mol. The van der Waals surface area contributed by atoms with E-state index in [-0.39, 0.29) is 6.03 Å². The van der Waals surface area contributed by atoms with Gasteiger partial charge in [-0.05, 0) is 18.1 Å². The summed E-state index contributed by atoms with van der Waals surface area (Å²) in [6.45, 7) is 5.56. The number of nitrogens with zero attached hydrogens (tertiary/aromatic N) is 2. The maximum absolute atomic E-state index is 11.9. The third kappa shape index (κ3) is 4.51. The fraction of sp³-hybridized carbons (Fsp3) is 0.375. The summed E-state index contributed by atoms with van der Waals surface area (Å²) < 4.78 is 7.17. The fourth-order valence-corrected chi connectivity index (χ4v) is 2.10. The molecule has 2 amide bonds. The van der Waals surface area contributed by atoms with E-state index < -0.39 is 0 Å². The molecule has 118 valence electrons. The zero-order valence-electron chi connectivity index (χ0n) is 13.2. The Morgan fingerprint density at radius 3 is 2.95 bits per heavy atom. The van der Waals surface area contributed by atoms with Crippen LogP contribution >= 0.6 is 0 Å². The van der Waals surface area contributed by atoms with E-state index in [0.717, 1.165) is 12.4 Å². The highest BCUT2D eigenvalue weighted by Gasteiger charge is 2.07. The summed E-state index contributed by atoms with van der Waals surface area (Å²) in [5.74, 6) is 2.07. The van der Waals surface area contributed by atoms with Crippen LogP contribution < -0.4 is 15.4 Å². The average molecular weight is 302 g/mol. The van der Waals surface area contributed by atoms with Crippen molar-refractivity contribution in [2.45, 2.75) is 26.9 Å². The van der Waals surface area contributed by atoms with E-state index >= 15 is 0 Å². The zero-order valence-corrected chi connectivity index (χ0v) is 13.2. The number of amides is 2. The van der Waals surface area contributed by atoms with Gasteiger partial charge in [0.1, 0.15) is 11.6 Å². The SMILES string of the molecule is COc1cccc(NC(=O)NCc2nccn2CC(C)C)c1. The van der Waals surface area contributed by atoms with Gasteiger partial charge in [-0.25, -0.2) is 9.78 Å². The van der Waals surface area contributed by atoms with Crippen molar-refractivity contribution in [3.63, 3.8) is 0 Å². The van der Waals surface area contributed by atoms with E-state index in [0.29, 0.717) is 23.9 Å². The predicted octanol–water partition coefficient (Wildman–Crippen LogP) is 2.87. The third-order valence-electron chi connectivity index (χ3n) is 3.10. The lowest BCUT2D eigenvalue weighted by Gasteiger charge is -2.12. The highest BCUT2D eigenvalue weighted by atomic mass is 16.5. The van der Waals surface area contributed by atoms with Crippen LogP contribution in [0.15, 0.2) is 36.7 Å². The fourth-order valence-electron chi connectivity index (χ4n) is 2.10. The van der Waals surface area contributed by atoms with E-state index in [2.05, 4.69) is 34.0 Å². The van der Waals surface area contributed by atoms with Crippen molar-refractivity contribution >= 4 is 11.7 Å². The quantitative estimate of drug-likeness (QED) is 0.862. The number of nitrogens with one attached hydrogen (secondary N) is 2. The number of urea groups is 1. The molecule has 6 heteroatoms. The first-order valence-electron chi connectivity index (χ1n) is 7.27. The smallest absolute Gasteiger partial charge is 0.319 e.